The number of carbonyl (C=O) groups excluding carboxylic acids is 2. The van der Waals surface area contributed by atoms with Crippen LogP contribution in [0.3, 0.4) is 0 Å². The maximum Gasteiger partial charge on any atom is 0.167 e. The summed E-state index contributed by atoms with van der Waals surface area (Å²) < 4.78 is 0. The fraction of sp³-hybridized carbons (Fsp3) is 0.143. The van der Waals surface area contributed by atoms with Gasteiger partial charge in [-0.15, -0.1) is 0 Å². The van der Waals surface area contributed by atoms with Gasteiger partial charge >= 0.3 is 0 Å². The first-order valence-corrected chi connectivity index (χ1v) is 5.92. The Morgan fingerprint density at radius 2 is 0.917 bits per heavy atom. The van der Waals surface area contributed by atoms with Crippen LogP contribution in [0.2, 0.25) is 0 Å². The van der Waals surface area contributed by atoms with Gasteiger partial charge in [-0.05, 0) is 12.1 Å². The molecule has 0 saturated heterocycles. The van der Waals surface area contributed by atoms with Crippen LogP contribution in [0.25, 0.3) is 10.8 Å². The number of benzene rings is 2. The molecule has 4 N–H and O–H groups in total. The van der Waals surface area contributed by atoms with Crippen molar-refractivity contribution in [1.29, 1.82) is 0 Å². The molecule has 0 bridgehead atoms. The molecule has 2 aromatic carbocycles. The Balaban J connectivity index is 0. The van der Waals surface area contributed by atoms with Gasteiger partial charge in [0, 0.05) is 131 Å². The molecule has 24 heavy (non-hydrogen) atoms. The van der Waals surface area contributed by atoms with Crippen LogP contribution < -0.4 is 0 Å². The first-order valence-electron chi connectivity index (χ1n) is 5.92. The van der Waals surface area contributed by atoms with Gasteiger partial charge in [0.15, 0.2) is 11.6 Å². The molecule has 10 heteroatoms. The number of phenolic OH excluding ortho intramolecular Hbond substituents is 4. The zero-order valence-corrected chi connectivity index (χ0v) is 22.2. The van der Waals surface area contributed by atoms with Gasteiger partial charge in [0.25, 0.3) is 0 Å². The van der Waals surface area contributed by atoms with E-state index in [4.69, 9.17) is 0 Å². The van der Waals surface area contributed by atoms with Crippen molar-refractivity contribution < 1.29 is 30.0 Å². The first kappa shape index (κ1) is 27.5. The molecule has 0 amide bonds. The van der Waals surface area contributed by atoms with Crippen LogP contribution in [0.5, 0.6) is 23.0 Å². The van der Waals surface area contributed by atoms with Gasteiger partial charge in [0.2, 0.25) is 0 Å². The Morgan fingerprint density at radius 1 is 0.625 bits per heavy atom. The summed E-state index contributed by atoms with van der Waals surface area (Å²) >= 11 is 0. The molecule has 0 aliphatic heterocycles. The molecule has 3 rings (SSSR count). The van der Waals surface area contributed by atoms with Gasteiger partial charge in [0.05, 0.1) is 21.9 Å². The summed E-state index contributed by atoms with van der Waals surface area (Å²) in [5.74, 6) is -2.98. The second-order valence-corrected chi connectivity index (χ2v) is 4.65. The minimum Gasteiger partial charge on any atom is -0.507 e. The second-order valence-electron chi connectivity index (χ2n) is 4.65. The van der Waals surface area contributed by atoms with Crippen LogP contribution in [0.1, 0.15) is 33.6 Å². The number of ketones is 2. The van der Waals surface area contributed by atoms with Crippen molar-refractivity contribution in [2.45, 2.75) is 12.8 Å². The molecular weight excluding hydrogens is 356 g/mol. The summed E-state index contributed by atoms with van der Waals surface area (Å²) in [6.45, 7) is 0. The molecule has 4 radical (unpaired) electrons. The summed E-state index contributed by atoms with van der Waals surface area (Å²) in [7, 11) is 0. The van der Waals surface area contributed by atoms with Crippen molar-refractivity contribution >= 4 is 141 Å². The minimum atomic E-state index is -0.598. The molecule has 0 fully saturated rings. The minimum absolute atomic E-state index is 0. The topological polar surface area (TPSA) is 115 Å². The quantitative estimate of drug-likeness (QED) is 0.394. The standard InChI is InChI=1S/C14H10O6.4Na/c15-5-1-2-6(16)10-9(5)13(19)11-7(17)3-4-8(18)12(11)14(10)20;;;;/h1-2,15-16,19-20H,3-4H2;;;;. The number of hydrogen-bond donors (Lipinski definition) is 4. The van der Waals surface area contributed by atoms with Crippen molar-refractivity contribution in [3.8, 4) is 23.0 Å². The number of carbonyl (C=O) groups is 2. The number of aromatic hydroxyl groups is 4. The predicted octanol–water partition coefficient (Wildman–Crippen LogP) is 0.298. The van der Waals surface area contributed by atoms with Crippen LogP contribution in [-0.2, 0) is 0 Å². The van der Waals surface area contributed by atoms with Crippen LogP contribution in [0.15, 0.2) is 12.1 Å². The molecule has 0 atom stereocenters. The molecule has 0 unspecified atom stereocenters. The maximum atomic E-state index is 11.9. The van der Waals surface area contributed by atoms with Gasteiger partial charge in [-0.25, -0.2) is 0 Å². The maximum absolute atomic E-state index is 11.9. The summed E-state index contributed by atoms with van der Waals surface area (Å²) in [5, 5.41) is 39.4. The fourth-order valence-corrected chi connectivity index (χ4v) is 2.57. The van der Waals surface area contributed by atoms with Gasteiger partial charge in [0.1, 0.15) is 23.0 Å². The van der Waals surface area contributed by atoms with Crippen LogP contribution >= 0.6 is 0 Å². The first-order chi connectivity index (χ1) is 9.43. The molecule has 0 heterocycles. The normalized spacial score (nSPS) is 12.2. The van der Waals surface area contributed by atoms with E-state index < -0.39 is 34.6 Å². The molecule has 1 aliphatic carbocycles. The molecule has 1 aliphatic rings. The van der Waals surface area contributed by atoms with Crippen LogP contribution in [-0.4, -0.2) is 150 Å². The van der Waals surface area contributed by atoms with Gasteiger partial charge in [-0.1, -0.05) is 0 Å². The third kappa shape index (κ3) is 4.38. The number of rotatable bonds is 0. The molecule has 0 saturated carbocycles. The third-order valence-electron chi connectivity index (χ3n) is 3.50. The van der Waals surface area contributed by atoms with E-state index in [1.807, 2.05) is 0 Å². The largest absolute Gasteiger partial charge is 0.507 e. The molecular formula is C14H10Na4O6. The van der Waals surface area contributed by atoms with Crippen molar-refractivity contribution in [2.75, 3.05) is 0 Å². The van der Waals surface area contributed by atoms with E-state index in [2.05, 4.69) is 0 Å². The SMILES string of the molecule is O=C1CCC(=O)c2c1c(O)c1c(O)ccc(O)c1c2O.[Na].[Na].[Na].[Na]. The monoisotopic (exact) mass is 366 g/mol. The molecule has 0 spiro atoms. The van der Waals surface area contributed by atoms with Gasteiger partial charge in [-0.3, -0.25) is 9.59 Å². The van der Waals surface area contributed by atoms with E-state index in [-0.39, 0.29) is 153 Å². The Bertz CT molecular complexity index is 739. The van der Waals surface area contributed by atoms with Gasteiger partial charge in [-0.2, -0.15) is 0 Å². The van der Waals surface area contributed by atoms with E-state index in [9.17, 15) is 30.0 Å². The molecule has 0 aromatic heterocycles. The predicted molar refractivity (Wildman–Crippen MR) is 91.5 cm³/mol. The smallest absolute Gasteiger partial charge is 0.167 e. The zero-order chi connectivity index (χ0) is 14.6. The number of fused-ring (bicyclic) bond motifs is 2. The van der Waals surface area contributed by atoms with E-state index >= 15 is 0 Å². The molecule has 2 aromatic rings. The molecule has 106 valence electrons. The molecule has 6 nitrogen and oxygen atoms in total. The number of Topliss-reactive ketones (excluding diaryl/α,β-unsaturated/α-hetero) is 2. The van der Waals surface area contributed by atoms with E-state index in [0.29, 0.717) is 0 Å². The van der Waals surface area contributed by atoms with Crippen molar-refractivity contribution in [3.05, 3.63) is 23.3 Å². The summed E-state index contributed by atoms with van der Waals surface area (Å²) in [4.78, 5) is 23.8. The summed E-state index contributed by atoms with van der Waals surface area (Å²) in [5.41, 5.74) is -0.598. The van der Waals surface area contributed by atoms with Gasteiger partial charge < -0.3 is 20.4 Å². The Kier molecular flexibility index (Phi) is 12.1. The average Bonchev–Trinajstić information content (AvgIpc) is 2.41. The van der Waals surface area contributed by atoms with E-state index in [1.54, 1.807) is 0 Å². The fourth-order valence-electron chi connectivity index (χ4n) is 2.57. The third-order valence-corrected chi connectivity index (χ3v) is 3.50. The van der Waals surface area contributed by atoms with Crippen LogP contribution in [0, 0.1) is 0 Å². The number of hydrogen-bond acceptors (Lipinski definition) is 6. The van der Waals surface area contributed by atoms with E-state index in [1.165, 1.54) is 0 Å². The van der Waals surface area contributed by atoms with Crippen molar-refractivity contribution in [2.24, 2.45) is 0 Å². The summed E-state index contributed by atoms with van der Waals surface area (Å²) in [6.07, 6.45) is -0.131. The Labute approximate surface area is 226 Å². The van der Waals surface area contributed by atoms with Crippen molar-refractivity contribution in [1.82, 2.24) is 0 Å². The van der Waals surface area contributed by atoms with Crippen LogP contribution in [0.4, 0.5) is 0 Å². The van der Waals surface area contributed by atoms with E-state index in [0.717, 1.165) is 12.1 Å². The zero-order valence-electron chi connectivity index (χ0n) is 14.2. The second kappa shape index (κ2) is 10.5. The van der Waals surface area contributed by atoms with Crippen molar-refractivity contribution in [3.63, 3.8) is 0 Å². The number of phenols is 4. The Morgan fingerprint density at radius 3 is 1.21 bits per heavy atom. The summed E-state index contributed by atoms with van der Waals surface area (Å²) in [6, 6.07) is 2.25. The Hall–Kier alpha value is 1.24. The average molecular weight is 366 g/mol.